The molecule has 74 valence electrons. The summed E-state index contributed by atoms with van der Waals surface area (Å²) in [5.41, 5.74) is 0.353. The number of amides is 1. The fourth-order valence-corrected chi connectivity index (χ4v) is 0.901. The summed E-state index contributed by atoms with van der Waals surface area (Å²) in [5, 5.41) is 2.42. The molecule has 1 aromatic rings. The van der Waals surface area contributed by atoms with E-state index in [1.165, 1.54) is 24.3 Å². The third-order valence-corrected chi connectivity index (χ3v) is 1.78. The predicted molar refractivity (Wildman–Crippen MR) is 52.8 cm³/mol. The van der Waals surface area contributed by atoms with Crippen molar-refractivity contribution in [1.82, 2.24) is 5.32 Å². The fraction of sp³-hybridized carbons (Fsp3) is 0.111. The first-order chi connectivity index (χ1) is 6.63. The highest BCUT2D eigenvalue weighted by molar-refractivity contribution is 6.21. The zero-order valence-corrected chi connectivity index (χ0v) is 8.18. The van der Waals surface area contributed by atoms with E-state index in [9.17, 15) is 9.18 Å². The molecule has 1 rings (SSSR count). The average molecular weight is 215 g/mol. The van der Waals surface area contributed by atoms with Gasteiger partial charge in [-0.3, -0.25) is 4.79 Å². The van der Waals surface area contributed by atoms with Gasteiger partial charge in [-0.25, -0.2) is 4.39 Å². The van der Waals surface area contributed by atoms with Crippen LogP contribution in [0.5, 0.6) is 0 Å². The highest BCUT2D eigenvalue weighted by Gasteiger charge is 2.05. The van der Waals surface area contributed by atoms with E-state index >= 15 is 0 Å². The van der Waals surface area contributed by atoms with Crippen molar-refractivity contribution >= 4 is 23.5 Å². The lowest BCUT2D eigenvalue weighted by molar-refractivity contribution is 0.0977. The first kappa shape index (κ1) is 10.7. The molecule has 3 nitrogen and oxygen atoms in total. The summed E-state index contributed by atoms with van der Waals surface area (Å²) in [4.78, 5) is 11.4. The van der Waals surface area contributed by atoms with E-state index in [4.69, 9.17) is 11.8 Å². The van der Waals surface area contributed by atoms with Crippen LogP contribution >= 0.6 is 11.8 Å². The van der Waals surface area contributed by atoms with Crippen LogP contribution in [0.1, 0.15) is 17.3 Å². The Bertz CT molecular complexity index is 362. The maximum absolute atomic E-state index is 12.5. The second-order valence-electron chi connectivity index (χ2n) is 2.63. The van der Waals surface area contributed by atoms with Gasteiger partial charge in [-0.15, -0.1) is 0 Å². The molecular formula is C9H8ClFN2O. The SMILES string of the molecule is CC(=NCl)NC(=O)c1ccc(F)cc1. The van der Waals surface area contributed by atoms with Gasteiger partial charge in [-0.2, -0.15) is 4.51 Å². The molecule has 0 aliphatic heterocycles. The second kappa shape index (κ2) is 4.72. The van der Waals surface area contributed by atoms with Crippen LogP contribution in [0.25, 0.3) is 0 Å². The zero-order chi connectivity index (χ0) is 10.6. The van der Waals surface area contributed by atoms with Crippen molar-refractivity contribution in [2.45, 2.75) is 6.92 Å². The predicted octanol–water partition coefficient (Wildman–Crippen LogP) is 2.13. The minimum absolute atomic E-state index is 0.293. The molecular weight excluding hydrogens is 207 g/mol. The normalized spacial score (nSPS) is 11.2. The number of hydrogen-bond acceptors (Lipinski definition) is 2. The Labute approximate surface area is 85.7 Å². The Morgan fingerprint density at radius 2 is 2.00 bits per heavy atom. The molecule has 1 N–H and O–H groups in total. The van der Waals surface area contributed by atoms with Crippen LogP contribution in [0.15, 0.2) is 28.8 Å². The molecule has 5 heteroatoms. The van der Waals surface area contributed by atoms with E-state index in [1.54, 1.807) is 6.92 Å². The van der Waals surface area contributed by atoms with Crippen molar-refractivity contribution in [1.29, 1.82) is 0 Å². The van der Waals surface area contributed by atoms with Crippen LogP contribution < -0.4 is 5.32 Å². The summed E-state index contributed by atoms with van der Waals surface area (Å²) in [5.74, 6) is -0.461. The number of carbonyl (C=O) groups excluding carboxylic acids is 1. The van der Waals surface area contributed by atoms with Gasteiger partial charge in [0, 0.05) is 17.3 Å². The molecule has 14 heavy (non-hydrogen) atoms. The number of benzene rings is 1. The maximum Gasteiger partial charge on any atom is 0.256 e. The van der Waals surface area contributed by atoms with E-state index < -0.39 is 0 Å². The summed E-state index contributed by atoms with van der Waals surface area (Å²) in [7, 11) is 0. The molecule has 0 bridgehead atoms. The van der Waals surface area contributed by atoms with Crippen LogP contribution in [-0.4, -0.2) is 11.7 Å². The molecule has 0 atom stereocenters. The van der Waals surface area contributed by atoms with E-state index in [1.807, 2.05) is 0 Å². The first-order valence-electron chi connectivity index (χ1n) is 3.86. The van der Waals surface area contributed by atoms with E-state index in [0.29, 0.717) is 11.4 Å². The summed E-state index contributed by atoms with van der Waals surface area (Å²) in [6.07, 6.45) is 0. The molecule has 0 heterocycles. The lowest BCUT2D eigenvalue weighted by Crippen LogP contribution is -2.27. The van der Waals surface area contributed by atoms with E-state index in [2.05, 4.69) is 9.83 Å². The monoisotopic (exact) mass is 214 g/mol. The summed E-state index contributed by atoms with van der Waals surface area (Å²) < 4.78 is 15.8. The van der Waals surface area contributed by atoms with Crippen molar-refractivity contribution in [2.24, 2.45) is 4.51 Å². The number of nitrogens with one attached hydrogen (secondary N) is 1. The van der Waals surface area contributed by atoms with Gasteiger partial charge in [0.25, 0.3) is 5.91 Å². The molecule has 0 unspecified atom stereocenters. The summed E-state index contributed by atoms with van der Waals surface area (Å²) in [6.45, 7) is 1.55. The Kier molecular flexibility index (Phi) is 3.59. The lowest BCUT2D eigenvalue weighted by atomic mass is 10.2. The molecule has 0 fully saturated rings. The maximum atomic E-state index is 12.5. The van der Waals surface area contributed by atoms with Gasteiger partial charge >= 0.3 is 0 Å². The summed E-state index contributed by atoms with van der Waals surface area (Å²) in [6, 6.07) is 5.18. The molecule has 0 aliphatic carbocycles. The van der Waals surface area contributed by atoms with Crippen LogP contribution in [0.4, 0.5) is 4.39 Å². The van der Waals surface area contributed by atoms with Crippen LogP contribution in [0.3, 0.4) is 0 Å². The molecule has 1 amide bonds. The van der Waals surface area contributed by atoms with Crippen molar-refractivity contribution in [3.8, 4) is 0 Å². The quantitative estimate of drug-likeness (QED) is 0.565. The number of hydrogen-bond donors (Lipinski definition) is 1. The molecule has 0 aliphatic rings. The van der Waals surface area contributed by atoms with E-state index in [-0.39, 0.29) is 11.7 Å². The molecule has 0 saturated heterocycles. The van der Waals surface area contributed by atoms with Crippen molar-refractivity contribution in [3.05, 3.63) is 35.6 Å². The Morgan fingerprint density at radius 3 is 2.50 bits per heavy atom. The first-order valence-corrected chi connectivity index (χ1v) is 4.20. The minimum Gasteiger partial charge on any atom is -0.309 e. The second-order valence-corrected chi connectivity index (χ2v) is 2.80. The third-order valence-electron chi connectivity index (χ3n) is 1.53. The van der Waals surface area contributed by atoms with Crippen LogP contribution in [0.2, 0.25) is 0 Å². The zero-order valence-electron chi connectivity index (χ0n) is 7.42. The van der Waals surface area contributed by atoms with E-state index in [0.717, 1.165) is 0 Å². The largest absolute Gasteiger partial charge is 0.309 e. The number of amidine groups is 1. The highest BCUT2D eigenvalue weighted by Crippen LogP contribution is 2.02. The van der Waals surface area contributed by atoms with Gasteiger partial charge < -0.3 is 5.32 Å². The highest BCUT2D eigenvalue weighted by atomic mass is 35.5. The molecule has 0 aromatic heterocycles. The number of carbonyl (C=O) groups is 1. The number of halogens is 2. The van der Waals surface area contributed by atoms with Gasteiger partial charge in [-0.05, 0) is 31.2 Å². The van der Waals surface area contributed by atoms with Crippen LogP contribution in [0, 0.1) is 5.82 Å². The van der Waals surface area contributed by atoms with Crippen molar-refractivity contribution in [2.75, 3.05) is 0 Å². The lowest BCUT2D eigenvalue weighted by Gasteiger charge is -2.02. The molecule has 1 aromatic carbocycles. The molecule has 0 radical (unpaired) electrons. The Morgan fingerprint density at radius 1 is 1.43 bits per heavy atom. The van der Waals surface area contributed by atoms with Gasteiger partial charge in [0.2, 0.25) is 0 Å². The third kappa shape index (κ3) is 2.81. The van der Waals surface area contributed by atoms with Crippen molar-refractivity contribution < 1.29 is 9.18 Å². The number of rotatable bonds is 1. The Hall–Kier alpha value is -1.42. The minimum atomic E-state index is -0.385. The molecule has 0 saturated carbocycles. The van der Waals surface area contributed by atoms with Gasteiger partial charge in [-0.1, -0.05) is 0 Å². The van der Waals surface area contributed by atoms with Gasteiger partial charge in [0.15, 0.2) is 0 Å². The fourth-order valence-electron chi connectivity index (χ4n) is 0.859. The molecule has 0 spiro atoms. The smallest absolute Gasteiger partial charge is 0.256 e. The Balaban J connectivity index is 2.75. The summed E-state index contributed by atoms with van der Waals surface area (Å²) >= 11 is 5.12. The van der Waals surface area contributed by atoms with Crippen LogP contribution in [-0.2, 0) is 0 Å². The van der Waals surface area contributed by atoms with Gasteiger partial charge in [0.1, 0.15) is 11.7 Å². The standard InChI is InChI=1S/C9H8ClFN2O/c1-6(13-10)12-9(14)7-2-4-8(11)5-3-7/h2-5H,1H3,(H,12,13,14). The average Bonchev–Trinajstić information content (AvgIpc) is 2.18. The number of nitrogens with zero attached hydrogens (tertiary/aromatic N) is 1. The van der Waals surface area contributed by atoms with Gasteiger partial charge in [0.05, 0.1) is 0 Å². The van der Waals surface area contributed by atoms with Crippen molar-refractivity contribution in [3.63, 3.8) is 0 Å². The topological polar surface area (TPSA) is 41.5 Å².